The van der Waals surface area contributed by atoms with Crippen LogP contribution < -0.4 is 15.8 Å². The Morgan fingerprint density at radius 2 is 1.74 bits per heavy atom. The predicted octanol–water partition coefficient (Wildman–Crippen LogP) is 3.93. The first-order chi connectivity index (χ1) is 16.7. The number of hydrogen-bond acceptors (Lipinski definition) is 6. The summed E-state index contributed by atoms with van der Waals surface area (Å²) in [6.45, 7) is 3.59. The van der Waals surface area contributed by atoms with Crippen molar-refractivity contribution in [3.63, 3.8) is 0 Å². The lowest BCUT2D eigenvalue weighted by molar-refractivity contribution is -0.141. The van der Waals surface area contributed by atoms with Gasteiger partial charge >= 0.3 is 5.97 Å². The largest absolute Gasteiger partial charge is 0.480 e. The van der Waals surface area contributed by atoms with Crippen LogP contribution in [0.25, 0.3) is 0 Å². The standard InChI is InChI=1S/C19H21NO4.C6H6ClN3O/c1-2-7-17(19(22)23)20-18(21)13-14-8-6-11-16(12-14)24-15-9-4-3-5-10-15;1-3-2-4(7)10-6(9-3)5(8)11/h3-6,8-12,17H,2,7,13H2,1H3,(H,20,21)(H,22,23);2H,1H3,(H2,8,11). The van der Waals surface area contributed by atoms with E-state index in [0.29, 0.717) is 30.0 Å². The van der Waals surface area contributed by atoms with E-state index in [0.717, 1.165) is 5.56 Å². The molecule has 10 heteroatoms. The van der Waals surface area contributed by atoms with Gasteiger partial charge in [0.1, 0.15) is 22.7 Å². The van der Waals surface area contributed by atoms with Crippen LogP contribution in [0.3, 0.4) is 0 Å². The van der Waals surface area contributed by atoms with E-state index in [1.54, 1.807) is 19.1 Å². The summed E-state index contributed by atoms with van der Waals surface area (Å²) in [6, 6.07) is 17.3. The number of carboxylic acid groups (broad SMARTS) is 1. The lowest BCUT2D eigenvalue weighted by atomic mass is 10.1. The van der Waals surface area contributed by atoms with Gasteiger partial charge in [-0.05, 0) is 49.2 Å². The van der Waals surface area contributed by atoms with Gasteiger partial charge in [-0.25, -0.2) is 14.8 Å². The monoisotopic (exact) mass is 498 g/mol. The first-order valence-electron chi connectivity index (χ1n) is 10.8. The minimum Gasteiger partial charge on any atom is -0.480 e. The number of rotatable bonds is 9. The maximum atomic E-state index is 12.1. The number of ether oxygens (including phenoxy) is 1. The number of aromatic nitrogens is 2. The summed E-state index contributed by atoms with van der Waals surface area (Å²) in [4.78, 5) is 41.1. The Morgan fingerprint density at radius 3 is 2.34 bits per heavy atom. The maximum Gasteiger partial charge on any atom is 0.326 e. The minimum atomic E-state index is -1.01. The molecule has 0 aliphatic heterocycles. The van der Waals surface area contributed by atoms with Gasteiger partial charge in [0, 0.05) is 5.69 Å². The first kappa shape index (κ1) is 27.3. The van der Waals surface area contributed by atoms with E-state index in [4.69, 9.17) is 27.2 Å². The Kier molecular flexibility index (Phi) is 10.6. The lowest BCUT2D eigenvalue weighted by Crippen LogP contribution is -2.41. The molecule has 3 rings (SSSR count). The highest BCUT2D eigenvalue weighted by Crippen LogP contribution is 2.22. The number of primary amides is 1. The third-order valence-electron chi connectivity index (χ3n) is 4.50. The Hall–Kier alpha value is -3.98. The Labute approximate surface area is 208 Å². The number of carbonyl (C=O) groups excluding carboxylic acids is 2. The first-order valence-corrected chi connectivity index (χ1v) is 11.2. The number of halogens is 1. The fourth-order valence-electron chi connectivity index (χ4n) is 2.96. The van der Waals surface area contributed by atoms with Gasteiger partial charge in [0.05, 0.1) is 6.42 Å². The predicted molar refractivity (Wildman–Crippen MR) is 131 cm³/mol. The third-order valence-corrected chi connectivity index (χ3v) is 4.69. The van der Waals surface area contributed by atoms with E-state index in [9.17, 15) is 14.4 Å². The molecule has 0 aliphatic carbocycles. The number of carboxylic acids is 1. The van der Waals surface area contributed by atoms with Gasteiger partial charge in [-0.1, -0.05) is 55.3 Å². The van der Waals surface area contributed by atoms with Crippen molar-refractivity contribution in [2.45, 2.75) is 39.2 Å². The molecule has 35 heavy (non-hydrogen) atoms. The van der Waals surface area contributed by atoms with Gasteiger partial charge in [0.2, 0.25) is 11.7 Å². The number of nitrogens with two attached hydrogens (primary N) is 1. The quantitative estimate of drug-likeness (QED) is 0.379. The average Bonchev–Trinajstić information content (AvgIpc) is 2.79. The molecular formula is C25H27ClN4O5. The zero-order valence-electron chi connectivity index (χ0n) is 19.4. The fraction of sp³-hybridized carbons (Fsp3) is 0.240. The van der Waals surface area contributed by atoms with Crippen molar-refractivity contribution in [1.82, 2.24) is 15.3 Å². The number of benzene rings is 2. The molecule has 0 bridgehead atoms. The second-order valence-electron chi connectivity index (χ2n) is 7.51. The van der Waals surface area contributed by atoms with E-state index in [-0.39, 0.29) is 23.3 Å². The van der Waals surface area contributed by atoms with Crippen LogP contribution >= 0.6 is 11.6 Å². The number of carbonyl (C=O) groups is 3. The highest BCUT2D eigenvalue weighted by Gasteiger charge is 2.18. The van der Waals surface area contributed by atoms with E-state index in [1.165, 1.54) is 0 Å². The van der Waals surface area contributed by atoms with Crippen LogP contribution in [0, 0.1) is 6.92 Å². The van der Waals surface area contributed by atoms with Gasteiger partial charge in [-0.2, -0.15) is 0 Å². The maximum absolute atomic E-state index is 12.1. The van der Waals surface area contributed by atoms with Crippen LogP contribution in [0.15, 0.2) is 60.7 Å². The topological polar surface area (TPSA) is 144 Å². The van der Waals surface area contributed by atoms with Crippen molar-refractivity contribution < 1.29 is 24.2 Å². The smallest absolute Gasteiger partial charge is 0.326 e. The summed E-state index contributed by atoms with van der Waals surface area (Å²) in [5, 5.41) is 11.9. The van der Waals surface area contributed by atoms with Crippen LogP contribution in [0.5, 0.6) is 11.5 Å². The molecular weight excluding hydrogens is 472 g/mol. The second-order valence-corrected chi connectivity index (χ2v) is 7.89. The van der Waals surface area contributed by atoms with Crippen molar-refractivity contribution in [3.05, 3.63) is 82.9 Å². The minimum absolute atomic E-state index is 0.0463. The summed E-state index contributed by atoms with van der Waals surface area (Å²) >= 11 is 5.54. The molecule has 3 aromatic rings. The number of aliphatic carboxylic acids is 1. The number of nitrogens with one attached hydrogen (secondary N) is 1. The van der Waals surface area contributed by atoms with Gasteiger partial charge < -0.3 is 20.9 Å². The molecule has 0 radical (unpaired) electrons. The van der Waals surface area contributed by atoms with Crippen LogP contribution in [-0.4, -0.2) is 38.9 Å². The van der Waals surface area contributed by atoms with E-state index >= 15 is 0 Å². The normalized spacial score (nSPS) is 10.9. The van der Waals surface area contributed by atoms with Crippen LogP contribution in [0.4, 0.5) is 0 Å². The fourth-order valence-corrected chi connectivity index (χ4v) is 3.20. The summed E-state index contributed by atoms with van der Waals surface area (Å²) in [6.07, 6.45) is 1.22. The number of para-hydroxylation sites is 1. The summed E-state index contributed by atoms with van der Waals surface area (Å²) < 4.78 is 5.73. The van der Waals surface area contributed by atoms with Gasteiger partial charge in [-0.3, -0.25) is 9.59 Å². The van der Waals surface area contributed by atoms with Crippen molar-refractivity contribution in [2.24, 2.45) is 5.73 Å². The van der Waals surface area contributed by atoms with Crippen molar-refractivity contribution in [1.29, 1.82) is 0 Å². The molecule has 0 saturated carbocycles. The lowest BCUT2D eigenvalue weighted by Gasteiger charge is -2.13. The van der Waals surface area contributed by atoms with Crippen LogP contribution in [0.1, 0.15) is 41.6 Å². The van der Waals surface area contributed by atoms with Crippen LogP contribution in [-0.2, 0) is 16.0 Å². The number of aryl methyl sites for hydroxylation is 1. The molecule has 184 valence electrons. The highest BCUT2D eigenvalue weighted by molar-refractivity contribution is 6.29. The van der Waals surface area contributed by atoms with Gasteiger partial charge in [0.25, 0.3) is 5.91 Å². The molecule has 2 aromatic carbocycles. The molecule has 0 aliphatic rings. The Morgan fingerprint density at radius 1 is 1.06 bits per heavy atom. The highest BCUT2D eigenvalue weighted by atomic mass is 35.5. The van der Waals surface area contributed by atoms with Crippen molar-refractivity contribution in [2.75, 3.05) is 0 Å². The summed E-state index contributed by atoms with van der Waals surface area (Å²) in [5.74, 6) is -0.687. The van der Waals surface area contributed by atoms with Crippen molar-refractivity contribution >= 4 is 29.4 Å². The molecule has 1 unspecified atom stereocenters. The molecule has 0 spiro atoms. The van der Waals surface area contributed by atoms with Crippen LogP contribution in [0.2, 0.25) is 5.15 Å². The molecule has 1 aromatic heterocycles. The Bertz CT molecular complexity index is 1140. The van der Waals surface area contributed by atoms with Crippen molar-refractivity contribution in [3.8, 4) is 11.5 Å². The third kappa shape index (κ3) is 9.81. The average molecular weight is 499 g/mol. The Balaban J connectivity index is 0.000000328. The molecule has 0 saturated heterocycles. The molecule has 0 fully saturated rings. The zero-order chi connectivity index (χ0) is 25.8. The van der Waals surface area contributed by atoms with Gasteiger partial charge in [-0.15, -0.1) is 0 Å². The molecule has 1 atom stereocenters. The molecule has 2 amide bonds. The summed E-state index contributed by atoms with van der Waals surface area (Å²) in [7, 11) is 0. The second kappa shape index (κ2) is 13.7. The molecule has 9 nitrogen and oxygen atoms in total. The number of hydrogen-bond donors (Lipinski definition) is 3. The summed E-state index contributed by atoms with van der Waals surface area (Å²) in [5.41, 5.74) is 6.32. The van der Waals surface area contributed by atoms with E-state index in [2.05, 4.69) is 15.3 Å². The SMILES string of the molecule is CCCC(NC(=O)Cc1cccc(Oc2ccccc2)c1)C(=O)O.Cc1cc(Cl)nc(C(N)=O)n1. The van der Waals surface area contributed by atoms with E-state index in [1.807, 2.05) is 55.5 Å². The molecule has 1 heterocycles. The molecule has 4 N–H and O–H groups in total. The number of nitrogens with zero attached hydrogens (tertiary/aromatic N) is 2. The zero-order valence-corrected chi connectivity index (χ0v) is 20.2. The number of amides is 2. The van der Waals surface area contributed by atoms with Gasteiger partial charge in [0.15, 0.2) is 0 Å². The van der Waals surface area contributed by atoms with E-state index < -0.39 is 17.9 Å².